The van der Waals surface area contributed by atoms with Gasteiger partial charge in [0.25, 0.3) is 0 Å². The van der Waals surface area contributed by atoms with Crippen LogP contribution in [0.3, 0.4) is 0 Å². The predicted molar refractivity (Wildman–Crippen MR) is 114 cm³/mol. The van der Waals surface area contributed by atoms with Gasteiger partial charge in [0.1, 0.15) is 16.6 Å². The third-order valence-corrected chi connectivity index (χ3v) is 5.74. The molecular formula is C22H21N3OS. The lowest BCUT2D eigenvalue weighted by Gasteiger charge is -2.15. The van der Waals surface area contributed by atoms with Crippen molar-refractivity contribution >= 4 is 27.4 Å². The molecule has 0 spiro atoms. The molecule has 0 aliphatic carbocycles. The van der Waals surface area contributed by atoms with Gasteiger partial charge < -0.3 is 9.64 Å². The van der Waals surface area contributed by atoms with Gasteiger partial charge in [0.05, 0.1) is 17.3 Å². The van der Waals surface area contributed by atoms with Gasteiger partial charge in [-0.05, 0) is 42.8 Å². The van der Waals surface area contributed by atoms with E-state index >= 15 is 0 Å². The fraction of sp³-hybridized carbons (Fsp3) is 0.182. The van der Waals surface area contributed by atoms with Crippen molar-refractivity contribution in [2.75, 3.05) is 25.6 Å². The lowest BCUT2D eigenvalue weighted by molar-refractivity contribution is 0.415. The summed E-state index contributed by atoms with van der Waals surface area (Å²) in [5, 5.41) is 1.02. The van der Waals surface area contributed by atoms with E-state index < -0.39 is 0 Å². The zero-order chi connectivity index (χ0) is 18.8. The van der Waals surface area contributed by atoms with E-state index in [-0.39, 0.29) is 0 Å². The Morgan fingerprint density at radius 1 is 0.963 bits per heavy atom. The number of thiazole rings is 1. The number of hydrogen-bond acceptors (Lipinski definition) is 5. The normalized spacial score (nSPS) is 10.9. The number of rotatable bonds is 5. The first-order chi connectivity index (χ1) is 13.2. The number of anilines is 1. The van der Waals surface area contributed by atoms with Crippen LogP contribution in [-0.4, -0.2) is 30.7 Å². The van der Waals surface area contributed by atoms with Crippen LogP contribution in [-0.2, 0) is 0 Å². The first kappa shape index (κ1) is 17.5. The van der Waals surface area contributed by atoms with E-state index in [4.69, 9.17) is 9.72 Å². The van der Waals surface area contributed by atoms with Crippen molar-refractivity contribution in [1.29, 1.82) is 0 Å². The molecule has 0 atom stereocenters. The minimum atomic E-state index is 0.859. The molecule has 5 heteroatoms. The number of aromatic nitrogens is 2. The molecule has 0 unspecified atom stereocenters. The molecule has 0 N–H and O–H groups in total. The SMILES string of the molecule is CCN(C)c1ccc(-c2ccc(-c3nc4ccc(OC)cc4s3)cc2)cn1. The molecule has 0 saturated heterocycles. The molecule has 0 radical (unpaired) electrons. The number of fused-ring (bicyclic) bond motifs is 1. The summed E-state index contributed by atoms with van der Waals surface area (Å²) in [6, 6.07) is 18.7. The van der Waals surface area contributed by atoms with Gasteiger partial charge in [-0.15, -0.1) is 11.3 Å². The van der Waals surface area contributed by atoms with Crippen molar-refractivity contribution in [2.24, 2.45) is 0 Å². The first-order valence-corrected chi connectivity index (χ1v) is 9.72. The highest BCUT2D eigenvalue weighted by Crippen LogP contribution is 2.33. The van der Waals surface area contributed by atoms with Gasteiger partial charge in [0.15, 0.2) is 0 Å². The van der Waals surface area contributed by atoms with Gasteiger partial charge in [-0.3, -0.25) is 0 Å². The van der Waals surface area contributed by atoms with Crippen LogP contribution in [0, 0.1) is 0 Å². The molecule has 2 aromatic heterocycles. The van der Waals surface area contributed by atoms with Gasteiger partial charge >= 0.3 is 0 Å². The van der Waals surface area contributed by atoms with Crippen LogP contribution in [0.1, 0.15) is 6.92 Å². The second-order valence-electron chi connectivity index (χ2n) is 6.35. The Morgan fingerprint density at radius 2 is 1.70 bits per heavy atom. The van der Waals surface area contributed by atoms with E-state index in [1.165, 1.54) is 0 Å². The standard InChI is InChI=1S/C22H21N3OS/c1-4-25(2)21-12-9-17(14-23-21)15-5-7-16(8-6-15)22-24-19-11-10-18(26-3)13-20(19)27-22/h5-14H,4H2,1-3H3. The van der Waals surface area contributed by atoms with E-state index in [1.807, 2.05) is 31.4 Å². The van der Waals surface area contributed by atoms with Crippen LogP contribution in [0.2, 0.25) is 0 Å². The van der Waals surface area contributed by atoms with Crippen LogP contribution >= 0.6 is 11.3 Å². The molecule has 4 nitrogen and oxygen atoms in total. The predicted octanol–water partition coefficient (Wildman–Crippen LogP) is 5.49. The van der Waals surface area contributed by atoms with E-state index in [0.717, 1.165) is 50.0 Å². The molecule has 0 fully saturated rings. The van der Waals surface area contributed by atoms with Gasteiger partial charge in [-0.1, -0.05) is 24.3 Å². The van der Waals surface area contributed by atoms with E-state index in [2.05, 4.69) is 53.2 Å². The highest BCUT2D eigenvalue weighted by molar-refractivity contribution is 7.21. The summed E-state index contributed by atoms with van der Waals surface area (Å²) in [6.45, 7) is 3.06. The van der Waals surface area contributed by atoms with Crippen molar-refractivity contribution in [3.8, 4) is 27.4 Å². The first-order valence-electron chi connectivity index (χ1n) is 8.90. The summed E-state index contributed by atoms with van der Waals surface area (Å²) < 4.78 is 6.43. The molecule has 0 aliphatic heterocycles. The topological polar surface area (TPSA) is 38.2 Å². The number of hydrogen-bond donors (Lipinski definition) is 0. The molecule has 4 aromatic rings. The third-order valence-electron chi connectivity index (χ3n) is 4.67. The average molecular weight is 375 g/mol. The van der Waals surface area contributed by atoms with Crippen LogP contribution in [0.4, 0.5) is 5.82 Å². The van der Waals surface area contributed by atoms with Crippen molar-refractivity contribution in [3.05, 3.63) is 60.8 Å². The number of pyridine rings is 1. The Labute approximate surface area is 163 Å². The minimum absolute atomic E-state index is 0.859. The lowest BCUT2D eigenvalue weighted by Crippen LogP contribution is -2.16. The largest absolute Gasteiger partial charge is 0.497 e. The van der Waals surface area contributed by atoms with E-state index in [9.17, 15) is 0 Å². The molecule has 0 bridgehead atoms. The molecule has 2 aromatic carbocycles. The second-order valence-corrected chi connectivity index (χ2v) is 7.38. The van der Waals surface area contributed by atoms with E-state index in [1.54, 1.807) is 18.4 Å². The zero-order valence-electron chi connectivity index (χ0n) is 15.6. The Morgan fingerprint density at radius 3 is 2.37 bits per heavy atom. The highest BCUT2D eigenvalue weighted by Gasteiger charge is 2.08. The Hall–Kier alpha value is -2.92. The van der Waals surface area contributed by atoms with Crippen molar-refractivity contribution in [2.45, 2.75) is 6.92 Å². The molecule has 2 heterocycles. The Bertz CT molecular complexity index is 1060. The summed E-state index contributed by atoms with van der Waals surface area (Å²) >= 11 is 1.68. The number of benzene rings is 2. The summed E-state index contributed by atoms with van der Waals surface area (Å²) in [5.41, 5.74) is 4.39. The van der Waals surface area contributed by atoms with Crippen LogP contribution in [0.5, 0.6) is 5.75 Å². The molecule has 0 saturated carbocycles. The number of nitrogens with zero attached hydrogens (tertiary/aromatic N) is 3. The monoisotopic (exact) mass is 375 g/mol. The summed E-state index contributed by atoms with van der Waals surface area (Å²) in [7, 11) is 3.73. The summed E-state index contributed by atoms with van der Waals surface area (Å²) in [4.78, 5) is 11.4. The highest BCUT2D eigenvalue weighted by atomic mass is 32.1. The second kappa shape index (κ2) is 7.37. The van der Waals surface area contributed by atoms with Crippen molar-refractivity contribution < 1.29 is 4.74 Å². The molecule has 27 heavy (non-hydrogen) atoms. The van der Waals surface area contributed by atoms with Crippen molar-refractivity contribution in [3.63, 3.8) is 0 Å². The Balaban J connectivity index is 1.60. The number of methoxy groups -OCH3 is 1. The number of ether oxygens (including phenoxy) is 1. The summed E-state index contributed by atoms with van der Waals surface area (Å²) in [5.74, 6) is 1.85. The maximum absolute atomic E-state index is 5.30. The maximum Gasteiger partial charge on any atom is 0.128 e. The molecular weight excluding hydrogens is 354 g/mol. The summed E-state index contributed by atoms with van der Waals surface area (Å²) in [6.07, 6.45) is 1.93. The lowest BCUT2D eigenvalue weighted by atomic mass is 10.1. The fourth-order valence-corrected chi connectivity index (χ4v) is 3.90. The molecule has 0 amide bonds. The molecule has 4 rings (SSSR count). The van der Waals surface area contributed by atoms with Gasteiger partial charge in [0, 0.05) is 30.9 Å². The van der Waals surface area contributed by atoms with Crippen molar-refractivity contribution in [1.82, 2.24) is 9.97 Å². The third kappa shape index (κ3) is 3.51. The van der Waals surface area contributed by atoms with Gasteiger partial charge in [-0.2, -0.15) is 0 Å². The quantitative estimate of drug-likeness (QED) is 0.462. The Kier molecular flexibility index (Phi) is 4.77. The van der Waals surface area contributed by atoms with E-state index in [0.29, 0.717) is 0 Å². The fourth-order valence-electron chi connectivity index (χ4n) is 2.91. The maximum atomic E-state index is 5.30. The average Bonchev–Trinajstić information content (AvgIpc) is 3.16. The minimum Gasteiger partial charge on any atom is -0.497 e. The van der Waals surface area contributed by atoms with Gasteiger partial charge in [0.2, 0.25) is 0 Å². The molecule has 136 valence electrons. The smallest absolute Gasteiger partial charge is 0.128 e. The van der Waals surface area contributed by atoms with Gasteiger partial charge in [-0.25, -0.2) is 9.97 Å². The molecule has 0 aliphatic rings. The van der Waals surface area contributed by atoms with Crippen LogP contribution in [0.15, 0.2) is 60.8 Å². The van der Waals surface area contributed by atoms with Crippen LogP contribution < -0.4 is 9.64 Å². The van der Waals surface area contributed by atoms with Crippen LogP contribution in [0.25, 0.3) is 31.9 Å². The zero-order valence-corrected chi connectivity index (χ0v) is 16.5.